The second kappa shape index (κ2) is 5.26. The summed E-state index contributed by atoms with van der Waals surface area (Å²) in [7, 11) is 0. The molecule has 1 amide bonds. The van der Waals surface area contributed by atoms with Gasteiger partial charge in [-0.2, -0.15) is 0 Å². The van der Waals surface area contributed by atoms with Crippen LogP contribution >= 0.6 is 15.9 Å². The molecule has 2 N–H and O–H groups in total. The third-order valence-corrected chi connectivity index (χ3v) is 3.61. The van der Waals surface area contributed by atoms with Crippen molar-refractivity contribution in [3.05, 3.63) is 58.1 Å². The predicted molar refractivity (Wildman–Crippen MR) is 78.8 cm³/mol. The Kier molecular flexibility index (Phi) is 3.46. The third-order valence-electron chi connectivity index (χ3n) is 3.12. The molecule has 0 radical (unpaired) electrons. The number of amides is 1. The molecule has 2 aromatic rings. The Morgan fingerprint density at radius 3 is 2.80 bits per heavy atom. The second-order valence-electron chi connectivity index (χ2n) is 4.55. The molecule has 0 fully saturated rings. The Morgan fingerprint density at radius 1 is 1.20 bits per heavy atom. The van der Waals surface area contributed by atoms with Crippen molar-refractivity contribution in [2.24, 2.45) is 0 Å². The fourth-order valence-corrected chi connectivity index (χ4v) is 2.56. The predicted octanol–water partition coefficient (Wildman–Crippen LogP) is 2.86. The number of anilines is 1. The van der Waals surface area contributed by atoms with E-state index in [1.807, 2.05) is 24.3 Å². The molecule has 0 saturated carbocycles. The van der Waals surface area contributed by atoms with Crippen LogP contribution in [0, 0.1) is 0 Å². The molecule has 2 aromatic carbocycles. The van der Waals surface area contributed by atoms with Crippen LogP contribution in [0.2, 0.25) is 0 Å². The van der Waals surface area contributed by atoms with E-state index < -0.39 is 6.10 Å². The van der Waals surface area contributed by atoms with Gasteiger partial charge in [-0.3, -0.25) is 4.79 Å². The molecule has 0 bridgehead atoms. The van der Waals surface area contributed by atoms with E-state index >= 15 is 0 Å². The van der Waals surface area contributed by atoms with E-state index in [0.29, 0.717) is 17.0 Å². The lowest BCUT2D eigenvalue weighted by Crippen LogP contribution is -2.25. The number of hydrogen-bond donors (Lipinski definition) is 2. The number of nitrogens with one attached hydrogen (secondary N) is 1. The van der Waals surface area contributed by atoms with Gasteiger partial charge in [-0.15, -0.1) is 0 Å². The average molecular weight is 334 g/mol. The normalized spacial score (nSPS) is 15.0. The van der Waals surface area contributed by atoms with E-state index in [1.54, 1.807) is 18.2 Å². The smallest absolute Gasteiger partial charge is 0.262 e. The van der Waals surface area contributed by atoms with Gasteiger partial charge in [0.25, 0.3) is 5.91 Å². The number of carbonyl (C=O) groups is 1. The highest BCUT2D eigenvalue weighted by Crippen LogP contribution is 2.33. The van der Waals surface area contributed by atoms with Gasteiger partial charge in [0.2, 0.25) is 0 Å². The first-order chi connectivity index (χ1) is 9.63. The highest BCUT2D eigenvalue weighted by molar-refractivity contribution is 9.10. The number of halogens is 1. The molecule has 0 saturated heterocycles. The Balaban J connectivity index is 1.94. The largest absolute Gasteiger partial charge is 0.482 e. The second-order valence-corrected chi connectivity index (χ2v) is 5.47. The Labute approximate surface area is 124 Å². The lowest BCUT2D eigenvalue weighted by atomic mass is 10.0. The number of fused-ring (bicyclic) bond motifs is 1. The summed E-state index contributed by atoms with van der Waals surface area (Å²) < 4.78 is 6.20. The molecule has 20 heavy (non-hydrogen) atoms. The molecule has 4 nitrogen and oxygen atoms in total. The lowest BCUT2D eigenvalue weighted by Gasteiger charge is -2.20. The summed E-state index contributed by atoms with van der Waals surface area (Å²) >= 11 is 3.38. The lowest BCUT2D eigenvalue weighted by molar-refractivity contribution is -0.118. The Morgan fingerprint density at radius 2 is 2.00 bits per heavy atom. The summed E-state index contributed by atoms with van der Waals surface area (Å²) in [5.74, 6) is 0.432. The van der Waals surface area contributed by atoms with Gasteiger partial charge in [0, 0.05) is 4.47 Å². The van der Waals surface area contributed by atoms with Gasteiger partial charge in [-0.05, 0) is 35.4 Å². The van der Waals surface area contributed by atoms with Crippen LogP contribution in [-0.2, 0) is 4.79 Å². The summed E-state index contributed by atoms with van der Waals surface area (Å²) in [5, 5.41) is 13.1. The maximum atomic E-state index is 11.3. The van der Waals surface area contributed by atoms with Gasteiger partial charge in [-0.1, -0.05) is 34.1 Å². The topological polar surface area (TPSA) is 58.6 Å². The van der Waals surface area contributed by atoms with Crippen LogP contribution in [0.5, 0.6) is 5.75 Å². The van der Waals surface area contributed by atoms with Crippen molar-refractivity contribution in [2.75, 3.05) is 11.9 Å². The highest BCUT2D eigenvalue weighted by atomic mass is 79.9. The zero-order valence-electron chi connectivity index (χ0n) is 10.5. The van der Waals surface area contributed by atoms with Crippen LogP contribution in [0.1, 0.15) is 17.2 Å². The maximum absolute atomic E-state index is 11.3. The van der Waals surface area contributed by atoms with Crippen molar-refractivity contribution in [1.29, 1.82) is 0 Å². The Bertz CT molecular complexity index is 672. The first kappa shape index (κ1) is 13.1. The van der Waals surface area contributed by atoms with Gasteiger partial charge in [0.1, 0.15) is 11.9 Å². The van der Waals surface area contributed by atoms with Crippen LogP contribution in [-0.4, -0.2) is 17.6 Å². The van der Waals surface area contributed by atoms with E-state index in [1.165, 1.54) is 0 Å². The number of ether oxygens (including phenoxy) is 1. The number of hydrogen-bond acceptors (Lipinski definition) is 3. The SMILES string of the molecule is O=C1COc2ccc(C(O)c3cccc(Br)c3)cc2N1. The van der Waals surface area contributed by atoms with Crippen LogP contribution in [0.25, 0.3) is 0 Å². The van der Waals surface area contributed by atoms with E-state index in [-0.39, 0.29) is 12.5 Å². The van der Waals surface area contributed by atoms with E-state index in [9.17, 15) is 9.90 Å². The number of aliphatic hydroxyl groups is 1. The number of rotatable bonds is 2. The van der Waals surface area contributed by atoms with Gasteiger partial charge in [0.05, 0.1) is 5.69 Å². The number of carbonyl (C=O) groups excluding carboxylic acids is 1. The van der Waals surface area contributed by atoms with E-state index in [4.69, 9.17) is 4.74 Å². The number of aliphatic hydroxyl groups excluding tert-OH is 1. The fraction of sp³-hybridized carbons (Fsp3) is 0.133. The maximum Gasteiger partial charge on any atom is 0.262 e. The molecule has 1 heterocycles. The number of benzene rings is 2. The molecular formula is C15H12BrNO3. The van der Waals surface area contributed by atoms with Crippen molar-refractivity contribution in [3.8, 4) is 5.75 Å². The summed E-state index contributed by atoms with van der Waals surface area (Å²) in [6.45, 7) is 0.0283. The molecule has 1 atom stereocenters. The molecule has 3 rings (SSSR count). The summed E-state index contributed by atoms with van der Waals surface area (Å²) in [4.78, 5) is 11.3. The first-order valence-electron chi connectivity index (χ1n) is 6.13. The average Bonchev–Trinajstić information content (AvgIpc) is 2.45. The molecule has 0 spiro atoms. The molecule has 1 unspecified atom stereocenters. The summed E-state index contributed by atoms with van der Waals surface area (Å²) in [5.41, 5.74) is 2.07. The molecule has 1 aliphatic rings. The third kappa shape index (κ3) is 2.55. The van der Waals surface area contributed by atoms with Crippen molar-refractivity contribution in [2.45, 2.75) is 6.10 Å². The monoisotopic (exact) mass is 333 g/mol. The van der Waals surface area contributed by atoms with Gasteiger partial charge in [-0.25, -0.2) is 0 Å². The minimum Gasteiger partial charge on any atom is -0.482 e. The van der Waals surface area contributed by atoms with Crippen LogP contribution < -0.4 is 10.1 Å². The van der Waals surface area contributed by atoms with Gasteiger partial charge >= 0.3 is 0 Å². The molecule has 1 aliphatic heterocycles. The molecule has 0 aromatic heterocycles. The van der Waals surface area contributed by atoms with Gasteiger partial charge in [0.15, 0.2) is 6.61 Å². The minimum absolute atomic E-state index is 0.0283. The van der Waals surface area contributed by atoms with Crippen LogP contribution in [0.15, 0.2) is 46.9 Å². The highest BCUT2D eigenvalue weighted by Gasteiger charge is 2.18. The zero-order chi connectivity index (χ0) is 14.1. The Hall–Kier alpha value is -1.85. The minimum atomic E-state index is -0.753. The zero-order valence-corrected chi connectivity index (χ0v) is 12.1. The van der Waals surface area contributed by atoms with E-state index in [0.717, 1.165) is 10.0 Å². The summed E-state index contributed by atoms with van der Waals surface area (Å²) in [6.07, 6.45) is -0.753. The molecule has 102 valence electrons. The van der Waals surface area contributed by atoms with Gasteiger partial charge < -0.3 is 15.2 Å². The first-order valence-corrected chi connectivity index (χ1v) is 6.93. The van der Waals surface area contributed by atoms with Crippen molar-refractivity contribution in [3.63, 3.8) is 0 Å². The summed E-state index contributed by atoms with van der Waals surface area (Å²) in [6, 6.07) is 12.8. The van der Waals surface area contributed by atoms with Crippen molar-refractivity contribution < 1.29 is 14.6 Å². The molecular weight excluding hydrogens is 322 g/mol. The van der Waals surface area contributed by atoms with Crippen LogP contribution in [0.4, 0.5) is 5.69 Å². The van der Waals surface area contributed by atoms with E-state index in [2.05, 4.69) is 21.2 Å². The quantitative estimate of drug-likeness (QED) is 0.888. The standard InChI is InChI=1S/C15H12BrNO3/c16-11-3-1-2-9(6-11)15(19)10-4-5-13-12(7-10)17-14(18)8-20-13/h1-7,15,19H,8H2,(H,17,18). The molecule has 5 heteroatoms. The molecule has 0 aliphatic carbocycles. The van der Waals surface area contributed by atoms with Crippen molar-refractivity contribution in [1.82, 2.24) is 0 Å². The van der Waals surface area contributed by atoms with Crippen molar-refractivity contribution >= 4 is 27.5 Å². The fourth-order valence-electron chi connectivity index (χ4n) is 2.14. The van der Waals surface area contributed by atoms with Crippen LogP contribution in [0.3, 0.4) is 0 Å².